The summed E-state index contributed by atoms with van der Waals surface area (Å²) in [6.07, 6.45) is 2.92. The van der Waals surface area contributed by atoms with Crippen molar-refractivity contribution < 1.29 is 4.39 Å². The molecule has 20 heavy (non-hydrogen) atoms. The highest BCUT2D eigenvalue weighted by Crippen LogP contribution is 2.24. The van der Waals surface area contributed by atoms with Gasteiger partial charge in [0.25, 0.3) is 0 Å². The van der Waals surface area contributed by atoms with E-state index in [2.05, 4.69) is 17.3 Å². The number of rotatable bonds is 5. The van der Waals surface area contributed by atoms with Crippen molar-refractivity contribution in [2.75, 3.05) is 0 Å². The van der Waals surface area contributed by atoms with Crippen molar-refractivity contribution in [3.8, 4) is 0 Å². The summed E-state index contributed by atoms with van der Waals surface area (Å²) in [4.78, 5) is 0. The van der Waals surface area contributed by atoms with Crippen LogP contribution in [0.15, 0.2) is 24.4 Å². The summed E-state index contributed by atoms with van der Waals surface area (Å²) in [5.74, 6) is -0.313. The zero-order valence-electron chi connectivity index (χ0n) is 12.0. The lowest BCUT2D eigenvalue weighted by molar-refractivity contribution is 0.569. The van der Waals surface area contributed by atoms with Crippen LogP contribution in [0.3, 0.4) is 0 Å². The number of nitrogens with one attached hydrogen (secondary N) is 1. The summed E-state index contributed by atoms with van der Waals surface area (Å²) in [6.45, 7) is 4.82. The lowest BCUT2D eigenvalue weighted by Gasteiger charge is -2.15. The molecule has 2 rings (SSSR count). The Kier molecular flexibility index (Phi) is 4.78. The number of benzene rings is 1. The molecule has 1 heterocycles. The van der Waals surface area contributed by atoms with Gasteiger partial charge in [-0.2, -0.15) is 5.10 Å². The maximum absolute atomic E-state index is 13.0. The Morgan fingerprint density at radius 2 is 2.20 bits per heavy atom. The lowest BCUT2D eigenvalue weighted by Crippen LogP contribution is -2.19. The number of aromatic nitrogens is 2. The van der Waals surface area contributed by atoms with Crippen molar-refractivity contribution in [1.29, 1.82) is 0 Å². The highest BCUT2D eigenvalue weighted by atomic mass is 35.5. The number of hydrogen-bond acceptors (Lipinski definition) is 2. The van der Waals surface area contributed by atoms with Gasteiger partial charge < -0.3 is 5.32 Å². The molecule has 0 spiro atoms. The first-order valence-corrected chi connectivity index (χ1v) is 7.08. The maximum Gasteiger partial charge on any atom is 0.124 e. The van der Waals surface area contributed by atoms with Gasteiger partial charge in [-0.25, -0.2) is 4.39 Å². The molecule has 3 nitrogen and oxygen atoms in total. The highest BCUT2D eigenvalue weighted by Gasteiger charge is 2.12. The third-order valence-electron chi connectivity index (χ3n) is 3.35. The molecule has 0 saturated carbocycles. The molecule has 0 saturated heterocycles. The summed E-state index contributed by atoms with van der Waals surface area (Å²) >= 11 is 6.07. The Labute approximate surface area is 123 Å². The molecule has 1 atom stereocenters. The van der Waals surface area contributed by atoms with E-state index >= 15 is 0 Å². The number of halogens is 2. The number of nitrogens with zero attached hydrogens (tertiary/aromatic N) is 2. The molecule has 2 aromatic rings. The Hall–Kier alpha value is -1.39. The van der Waals surface area contributed by atoms with E-state index in [0.29, 0.717) is 11.6 Å². The van der Waals surface area contributed by atoms with E-state index in [9.17, 15) is 4.39 Å². The second-order valence-corrected chi connectivity index (χ2v) is 5.30. The summed E-state index contributed by atoms with van der Waals surface area (Å²) in [7, 11) is 1.92. The summed E-state index contributed by atoms with van der Waals surface area (Å²) in [5.41, 5.74) is 3.17. The largest absolute Gasteiger partial charge is 0.306 e. The fourth-order valence-corrected chi connectivity index (χ4v) is 2.59. The van der Waals surface area contributed by atoms with E-state index in [-0.39, 0.29) is 11.9 Å². The molecule has 1 N–H and O–H groups in total. The summed E-state index contributed by atoms with van der Waals surface area (Å²) in [5, 5.41) is 8.26. The fourth-order valence-electron chi connectivity index (χ4n) is 2.25. The molecule has 0 aliphatic rings. The average Bonchev–Trinajstić information content (AvgIpc) is 2.76. The molecule has 5 heteroatoms. The zero-order valence-corrected chi connectivity index (χ0v) is 12.7. The Bertz CT molecular complexity index is 595. The van der Waals surface area contributed by atoms with Crippen LogP contribution in [0.1, 0.15) is 36.7 Å². The van der Waals surface area contributed by atoms with Crippen LogP contribution in [-0.4, -0.2) is 9.78 Å². The second-order valence-electron chi connectivity index (χ2n) is 4.90. The van der Waals surface area contributed by atoms with Gasteiger partial charge in [-0.1, -0.05) is 24.6 Å². The fraction of sp³-hybridized carbons (Fsp3) is 0.400. The minimum atomic E-state index is -0.313. The lowest BCUT2D eigenvalue weighted by atomic mass is 10.1. The van der Waals surface area contributed by atoms with Gasteiger partial charge in [0.2, 0.25) is 0 Å². The first-order chi connectivity index (χ1) is 9.51. The average molecular weight is 296 g/mol. The maximum atomic E-state index is 13.0. The third-order valence-corrected chi connectivity index (χ3v) is 3.68. The molecule has 0 radical (unpaired) electrons. The Balaban J connectivity index is 2.06. The van der Waals surface area contributed by atoms with E-state index < -0.39 is 0 Å². The molecule has 108 valence electrons. The molecule has 1 aromatic carbocycles. The highest BCUT2D eigenvalue weighted by molar-refractivity contribution is 6.31. The molecule has 1 aromatic heterocycles. The van der Waals surface area contributed by atoms with Crippen LogP contribution in [-0.2, 0) is 20.0 Å². The van der Waals surface area contributed by atoms with Crippen LogP contribution in [0.5, 0.6) is 0 Å². The number of hydrogen-bond donors (Lipinski definition) is 1. The molecule has 0 fully saturated rings. The Morgan fingerprint density at radius 3 is 2.85 bits per heavy atom. The van der Waals surface area contributed by atoms with Crippen LogP contribution in [0.4, 0.5) is 4.39 Å². The van der Waals surface area contributed by atoms with Crippen molar-refractivity contribution in [3.63, 3.8) is 0 Å². The quantitative estimate of drug-likeness (QED) is 0.913. The van der Waals surface area contributed by atoms with Crippen molar-refractivity contribution in [2.24, 2.45) is 7.05 Å². The predicted molar refractivity (Wildman–Crippen MR) is 79.3 cm³/mol. The SMILES string of the molecule is CCc1nn(C)cc1CNC(C)c1ccc(F)cc1Cl. The van der Waals surface area contributed by atoms with E-state index in [4.69, 9.17) is 11.6 Å². The van der Waals surface area contributed by atoms with Crippen LogP contribution in [0.2, 0.25) is 5.02 Å². The van der Waals surface area contributed by atoms with Gasteiger partial charge in [-0.05, 0) is 31.0 Å². The first kappa shape index (κ1) is 15.0. The van der Waals surface area contributed by atoms with Gasteiger partial charge in [0.15, 0.2) is 0 Å². The monoisotopic (exact) mass is 295 g/mol. The van der Waals surface area contributed by atoms with E-state index in [1.165, 1.54) is 17.7 Å². The standard InChI is InChI=1S/C15H19ClFN3/c1-4-15-11(9-20(3)19-15)8-18-10(2)13-6-5-12(17)7-14(13)16/h5-7,9-10,18H,4,8H2,1-3H3. The number of aryl methyl sites for hydroxylation is 2. The van der Waals surface area contributed by atoms with Gasteiger partial charge in [-0.15, -0.1) is 0 Å². The van der Waals surface area contributed by atoms with Crippen LogP contribution < -0.4 is 5.32 Å². The molecular formula is C15H19ClFN3. The van der Waals surface area contributed by atoms with Gasteiger partial charge in [0.1, 0.15) is 5.82 Å². The molecule has 1 unspecified atom stereocenters. The molecule has 0 amide bonds. The van der Waals surface area contributed by atoms with Crippen molar-refractivity contribution in [1.82, 2.24) is 15.1 Å². The van der Waals surface area contributed by atoms with Gasteiger partial charge >= 0.3 is 0 Å². The predicted octanol–water partition coefficient (Wildman–Crippen LogP) is 3.63. The van der Waals surface area contributed by atoms with Gasteiger partial charge in [0.05, 0.1) is 5.69 Å². The van der Waals surface area contributed by atoms with Crippen LogP contribution in [0, 0.1) is 5.82 Å². The van der Waals surface area contributed by atoms with E-state index in [0.717, 1.165) is 17.7 Å². The van der Waals surface area contributed by atoms with Crippen LogP contribution in [0.25, 0.3) is 0 Å². The first-order valence-electron chi connectivity index (χ1n) is 6.71. The minimum absolute atomic E-state index is 0.0491. The Morgan fingerprint density at radius 1 is 1.45 bits per heavy atom. The molecule has 0 aliphatic carbocycles. The van der Waals surface area contributed by atoms with Crippen molar-refractivity contribution >= 4 is 11.6 Å². The summed E-state index contributed by atoms with van der Waals surface area (Å²) < 4.78 is 14.9. The minimum Gasteiger partial charge on any atom is -0.306 e. The van der Waals surface area contributed by atoms with Crippen molar-refractivity contribution in [3.05, 3.63) is 52.1 Å². The van der Waals surface area contributed by atoms with E-state index in [1.807, 2.05) is 24.9 Å². The summed E-state index contributed by atoms with van der Waals surface area (Å²) in [6, 6.07) is 4.55. The van der Waals surface area contributed by atoms with E-state index in [1.54, 1.807) is 6.07 Å². The zero-order chi connectivity index (χ0) is 14.7. The van der Waals surface area contributed by atoms with Gasteiger partial charge in [-0.3, -0.25) is 4.68 Å². The molecule has 0 bridgehead atoms. The molecular weight excluding hydrogens is 277 g/mol. The smallest absolute Gasteiger partial charge is 0.124 e. The molecule has 0 aliphatic heterocycles. The third kappa shape index (κ3) is 3.38. The topological polar surface area (TPSA) is 29.9 Å². The normalized spacial score (nSPS) is 12.7. The van der Waals surface area contributed by atoms with Crippen LogP contribution >= 0.6 is 11.6 Å². The van der Waals surface area contributed by atoms with Crippen molar-refractivity contribution in [2.45, 2.75) is 32.9 Å². The second kappa shape index (κ2) is 6.37. The van der Waals surface area contributed by atoms with Gasteiger partial charge in [0, 0.05) is 36.4 Å².